The van der Waals surface area contributed by atoms with Gasteiger partial charge in [-0.15, -0.1) is 0 Å². The fraction of sp³-hybridized carbons (Fsp3) is 0.444. The lowest BCUT2D eigenvalue weighted by Crippen LogP contribution is -2.34. The third kappa shape index (κ3) is 1.91. The van der Waals surface area contributed by atoms with Crippen LogP contribution in [0, 0.1) is 5.92 Å². The molecule has 0 aromatic carbocycles. The molecule has 3 N–H and O–H groups in total. The topological polar surface area (TPSA) is 92.1 Å². The number of anilines is 1. The Hall–Kier alpha value is -2.06. The number of hydrogen-bond acceptors (Lipinski definition) is 3. The summed E-state index contributed by atoms with van der Waals surface area (Å²) in [6.45, 7) is 0.00898. The summed E-state index contributed by atoms with van der Waals surface area (Å²) in [7, 11) is 0. The minimum atomic E-state index is -4.67. The number of nitrogens with one attached hydrogen (secondary N) is 1. The summed E-state index contributed by atoms with van der Waals surface area (Å²) in [6.07, 6.45) is -3.58. The lowest BCUT2D eigenvalue weighted by molar-refractivity contribution is -0.140. The fourth-order valence-corrected chi connectivity index (χ4v) is 1.88. The number of nitrogens with zero attached hydrogens (tertiary/aromatic N) is 2. The number of aromatic nitrogens is 2. The van der Waals surface area contributed by atoms with Crippen LogP contribution in [0.15, 0.2) is 6.20 Å². The molecule has 0 saturated carbocycles. The fourth-order valence-electron chi connectivity index (χ4n) is 1.88. The number of alkyl halides is 3. The standard InChI is InChI=1S/C9H9F3N4O2/c10-9(11,12)6-5(3-14-15-6)16-2-1-4(7(13)17)8(16)18/h3-4H,1-2H2,(H2,13,17)(H,14,15). The molecule has 2 heterocycles. The monoisotopic (exact) mass is 262 g/mol. The Balaban J connectivity index is 2.32. The maximum atomic E-state index is 12.6. The number of nitrogens with two attached hydrogens (primary N) is 1. The third-order valence-electron chi connectivity index (χ3n) is 2.73. The molecule has 6 nitrogen and oxygen atoms in total. The molecular weight excluding hydrogens is 253 g/mol. The van der Waals surface area contributed by atoms with Crippen molar-refractivity contribution in [3.63, 3.8) is 0 Å². The van der Waals surface area contributed by atoms with Gasteiger partial charge in [-0.2, -0.15) is 18.3 Å². The van der Waals surface area contributed by atoms with Crippen molar-refractivity contribution >= 4 is 17.5 Å². The Labute approximate surface area is 98.9 Å². The molecular formula is C9H9F3N4O2. The molecule has 9 heteroatoms. The number of amides is 2. The normalized spacial score (nSPS) is 20.5. The molecule has 0 aliphatic carbocycles. The van der Waals surface area contributed by atoms with E-state index in [2.05, 4.69) is 10.2 Å². The third-order valence-corrected chi connectivity index (χ3v) is 2.73. The highest BCUT2D eigenvalue weighted by Crippen LogP contribution is 2.36. The van der Waals surface area contributed by atoms with Crippen molar-refractivity contribution in [2.75, 3.05) is 11.4 Å². The Morgan fingerprint density at radius 2 is 2.22 bits per heavy atom. The molecule has 1 fully saturated rings. The highest BCUT2D eigenvalue weighted by Gasteiger charge is 2.43. The lowest BCUT2D eigenvalue weighted by Gasteiger charge is -2.16. The van der Waals surface area contributed by atoms with E-state index in [-0.39, 0.29) is 18.7 Å². The van der Waals surface area contributed by atoms with Crippen molar-refractivity contribution in [3.05, 3.63) is 11.9 Å². The number of hydrogen-bond donors (Lipinski definition) is 2. The summed E-state index contributed by atoms with van der Waals surface area (Å²) in [4.78, 5) is 23.6. The van der Waals surface area contributed by atoms with Gasteiger partial charge in [-0.05, 0) is 6.42 Å². The van der Waals surface area contributed by atoms with Crippen LogP contribution >= 0.6 is 0 Å². The van der Waals surface area contributed by atoms with Crippen molar-refractivity contribution in [1.82, 2.24) is 10.2 Å². The first-order valence-corrected chi connectivity index (χ1v) is 5.04. The van der Waals surface area contributed by atoms with Crippen LogP contribution in [0.1, 0.15) is 12.1 Å². The van der Waals surface area contributed by atoms with Crippen LogP contribution in [0.25, 0.3) is 0 Å². The number of primary amides is 1. The molecule has 0 bridgehead atoms. The molecule has 98 valence electrons. The van der Waals surface area contributed by atoms with E-state index in [9.17, 15) is 22.8 Å². The minimum absolute atomic E-state index is 0.00898. The van der Waals surface area contributed by atoms with Gasteiger partial charge in [0.2, 0.25) is 11.8 Å². The molecule has 1 aromatic heterocycles. The highest BCUT2D eigenvalue weighted by atomic mass is 19.4. The van der Waals surface area contributed by atoms with E-state index < -0.39 is 29.6 Å². The number of rotatable bonds is 2. The Morgan fingerprint density at radius 1 is 1.56 bits per heavy atom. The number of H-pyrrole nitrogens is 1. The molecule has 0 spiro atoms. The SMILES string of the molecule is NC(=O)C1CCN(c2c[nH]nc2C(F)(F)F)C1=O. The number of carbonyl (C=O) groups is 2. The molecule has 1 aromatic rings. The van der Waals surface area contributed by atoms with Crippen LogP contribution in [-0.2, 0) is 15.8 Å². The summed E-state index contributed by atoms with van der Waals surface area (Å²) in [5, 5.41) is 5.14. The van der Waals surface area contributed by atoms with E-state index in [4.69, 9.17) is 5.73 Å². The summed E-state index contributed by atoms with van der Waals surface area (Å²) >= 11 is 0. The van der Waals surface area contributed by atoms with Crippen molar-refractivity contribution in [3.8, 4) is 0 Å². The minimum Gasteiger partial charge on any atom is -0.369 e. The average Bonchev–Trinajstić information content (AvgIpc) is 2.81. The van der Waals surface area contributed by atoms with E-state index in [0.29, 0.717) is 0 Å². The smallest absolute Gasteiger partial charge is 0.369 e. The van der Waals surface area contributed by atoms with Gasteiger partial charge >= 0.3 is 6.18 Å². The molecule has 2 rings (SSSR count). The van der Waals surface area contributed by atoms with Crippen molar-refractivity contribution in [2.45, 2.75) is 12.6 Å². The van der Waals surface area contributed by atoms with E-state index in [1.165, 1.54) is 0 Å². The molecule has 1 saturated heterocycles. The number of aromatic amines is 1. The van der Waals surface area contributed by atoms with Crippen LogP contribution in [0.3, 0.4) is 0 Å². The summed E-state index contributed by atoms with van der Waals surface area (Å²) in [6, 6.07) is 0. The Morgan fingerprint density at radius 3 is 2.72 bits per heavy atom. The zero-order valence-corrected chi connectivity index (χ0v) is 8.99. The second kappa shape index (κ2) is 4.00. The van der Waals surface area contributed by atoms with Crippen LogP contribution in [0.5, 0.6) is 0 Å². The molecule has 0 radical (unpaired) electrons. The largest absolute Gasteiger partial charge is 0.437 e. The van der Waals surface area contributed by atoms with Crippen molar-refractivity contribution < 1.29 is 22.8 Å². The maximum absolute atomic E-state index is 12.6. The van der Waals surface area contributed by atoms with E-state index in [1.54, 1.807) is 0 Å². The van der Waals surface area contributed by atoms with Gasteiger partial charge in [0.25, 0.3) is 0 Å². The summed E-state index contributed by atoms with van der Waals surface area (Å²) < 4.78 is 37.8. The van der Waals surface area contributed by atoms with Gasteiger partial charge in [-0.25, -0.2) is 0 Å². The van der Waals surface area contributed by atoms with Gasteiger partial charge in [0.05, 0.1) is 5.69 Å². The van der Waals surface area contributed by atoms with Gasteiger partial charge in [-0.1, -0.05) is 0 Å². The van der Waals surface area contributed by atoms with Crippen LogP contribution in [0.2, 0.25) is 0 Å². The number of carbonyl (C=O) groups excluding carboxylic acids is 2. The Kier molecular flexibility index (Phi) is 2.76. The highest BCUT2D eigenvalue weighted by molar-refractivity contribution is 6.09. The van der Waals surface area contributed by atoms with E-state index >= 15 is 0 Å². The first-order valence-electron chi connectivity index (χ1n) is 5.04. The maximum Gasteiger partial charge on any atom is 0.437 e. The molecule has 1 atom stereocenters. The predicted octanol–water partition coefficient (Wildman–Crippen LogP) is 0.267. The van der Waals surface area contributed by atoms with Gasteiger partial charge in [0.15, 0.2) is 5.69 Å². The lowest BCUT2D eigenvalue weighted by atomic mass is 10.1. The quantitative estimate of drug-likeness (QED) is 0.749. The van der Waals surface area contributed by atoms with E-state index in [0.717, 1.165) is 11.1 Å². The molecule has 2 amide bonds. The van der Waals surface area contributed by atoms with Gasteiger partial charge in [0, 0.05) is 12.7 Å². The van der Waals surface area contributed by atoms with Gasteiger partial charge < -0.3 is 10.6 Å². The predicted molar refractivity (Wildman–Crippen MR) is 53.2 cm³/mol. The number of halogens is 3. The van der Waals surface area contributed by atoms with Crippen molar-refractivity contribution in [2.24, 2.45) is 11.7 Å². The van der Waals surface area contributed by atoms with Crippen LogP contribution in [0.4, 0.5) is 18.9 Å². The van der Waals surface area contributed by atoms with Crippen LogP contribution in [-0.4, -0.2) is 28.6 Å². The summed E-state index contributed by atoms with van der Waals surface area (Å²) in [5.41, 5.74) is 3.44. The average molecular weight is 262 g/mol. The van der Waals surface area contributed by atoms with E-state index in [1.807, 2.05) is 0 Å². The first kappa shape index (κ1) is 12.4. The van der Waals surface area contributed by atoms with Crippen molar-refractivity contribution in [1.29, 1.82) is 0 Å². The molecule has 1 aliphatic rings. The van der Waals surface area contributed by atoms with Crippen LogP contribution < -0.4 is 10.6 Å². The van der Waals surface area contributed by atoms with Gasteiger partial charge in [0.1, 0.15) is 5.92 Å². The zero-order chi connectivity index (χ0) is 13.5. The second-order valence-corrected chi connectivity index (χ2v) is 3.85. The summed E-state index contributed by atoms with van der Waals surface area (Å²) in [5.74, 6) is -2.63. The molecule has 1 unspecified atom stereocenters. The molecule has 18 heavy (non-hydrogen) atoms. The zero-order valence-electron chi connectivity index (χ0n) is 8.99. The Bertz CT molecular complexity index is 496. The second-order valence-electron chi connectivity index (χ2n) is 3.85. The van der Waals surface area contributed by atoms with Gasteiger partial charge in [-0.3, -0.25) is 14.7 Å². The first-order chi connectivity index (χ1) is 8.32. The molecule has 1 aliphatic heterocycles.